The van der Waals surface area contributed by atoms with Gasteiger partial charge < -0.3 is 20.5 Å². The van der Waals surface area contributed by atoms with Crippen LogP contribution in [0.5, 0.6) is 0 Å². The molecule has 0 spiro atoms. The maximum Gasteiger partial charge on any atom is 0.407 e. The van der Waals surface area contributed by atoms with Gasteiger partial charge in [0.2, 0.25) is 5.91 Å². The van der Waals surface area contributed by atoms with Crippen LogP contribution < -0.4 is 10.6 Å². The van der Waals surface area contributed by atoms with E-state index in [0.717, 1.165) is 11.1 Å². The van der Waals surface area contributed by atoms with Crippen molar-refractivity contribution in [2.45, 2.75) is 90.5 Å². The zero-order chi connectivity index (χ0) is 29.1. The van der Waals surface area contributed by atoms with Crippen molar-refractivity contribution >= 4 is 12.0 Å². The topological polar surface area (TPSA) is 87.7 Å². The number of nitrogens with one attached hydrogen (secondary N) is 2. The summed E-state index contributed by atoms with van der Waals surface area (Å²) in [5.74, 6) is -0.109. The van der Waals surface area contributed by atoms with Crippen LogP contribution in [0.1, 0.15) is 61.4 Å². The van der Waals surface area contributed by atoms with E-state index < -0.39 is 29.9 Å². The lowest BCUT2D eigenvalue weighted by molar-refractivity contribution is -0.122. The molecule has 0 radical (unpaired) electrons. The van der Waals surface area contributed by atoms with Gasteiger partial charge in [0, 0.05) is 12.5 Å². The molecule has 0 aliphatic heterocycles. The average molecular weight is 545 g/mol. The van der Waals surface area contributed by atoms with Gasteiger partial charge in [0.25, 0.3) is 0 Å². The zero-order valence-electron chi connectivity index (χ0n) is 24.4. The Morgan fingerprint density at radius 1 is 0.800 bits per heavy atom. The summed E-state index contributed by atoms with van der Waals surface area (Å²) < 4.78 is 5.50. The number of aliphatic hydroxyl groups is 1. The molecule has 0 aliphatic carbocycles. The molecule has 0 aromatic heterocycles. The second-order valence-corrected chi connectivity index (χ2v) is 11.6. The van der Waals surface area contributed by atoms with Crippen molar-refractivity contribution in [1.82, 2.24) is 10.6 Å². The maximum atomic E-state index is 13.1. The molecule has 0 bridgehead atoms. The second kappa shape index (κ2) is 14.7. The molecular formula is C34H44N2O4. The van der Waals surface area contributed by atoms with E-state index >= 15 is 0 Å². The number of ether oxygens (including phenoxy) is 1. The molecule has 3 rings (SSSR count). The summed E-state index contributed by atoms with van der Waals surface area (Å²) >= 11 is 0. The number of aliphatic hydroxyl groups excluding tert-OH is 1. The third-order valence-corrected chi connectivity index (χ3v) is 6.93. The number of carbonyl (C=O) groups excluding carboxylic acids is 2. The average Bonchev–Trinajstić information content (AvgIpc) is 2.88. The maximum absolute atomic E-state index is 13.1. The van der Waals surface area contributed by atoms with Gasteiger partial charge in [0.1, 0.15) is 5.60 Å². The van der Waals surface area contributed by atoms with Gasteiger partial charge in [-0.15, -0.1) is 0 Å². The number of benzene rings is 3. The van der Waals surface area contributed by atoms with Gasteiger partial charge in [-0.25, -0.2) is 4.79 Å². The van der Waals surface area contributed by atoms with Gasteiger partial charge >= 0.3 is 6.09 Å². The van der Waals surface area contributed by atoms with Gasteiger partial charge in [0.15, 0.2) is 0 Å². The number of hydrogen-bond donors (Lipinski definition) is 3. The summed E-state index contributed by atoms with van der Waals surface area (Å²) in [5.41, 5.74) is 4.94. The lowest BCUT2D eigenvalue weighted by atomic mass is 9.93. The summed E-state index contributed by atoms with van der Waals surface area (Å²) in [6.07, 6.45) is 0.786. The minimum atomic E-state index is -0.895. The molecule has 3 aromatic carbocycles. The first-order valence-corrected chi connectivity index (χ1v) is 14.1. The fraction of sp³-hybridized carbons (Fsp3) is 0.412. The smallest absolute Gasteiger partial charge is 0.407 e. The van der Waals surface area contributed by atoms with Crippen molar-refractivity contribution in [3.63, 3.8) is 0 Å². The molecule has 6 nitrogen and oxygen atoms in total. The quantitative estimate of drug-likeness (QED) is 0.267. The van der Waals surface area contributed by atoms with E-state index in [9.17, 15) is 14.7 Å². The Hall–Kier alpha value is -3.64. The minimum absolute atomic E-state index is 0.109. The Kier molecular flexibility index (Phi) is 11.3. The van der Waals surface area contributed by atoms with E-state index in [0.29, 0.717) is 25.7 Å². The molecule has 0 unspecified atom stereocenters. The van der Waals surface area contributed by atoms with Crippen LogP contribution in [0.25, 0.3) is 0 Å². The van der Waals surface area contributed by atoms with E-state index in [2.05, 4.69) is 36.6 Å². The molecule has 2 amide bonds. The predicted octanol–water partition coefficient (Wildman–Crippen LogP) is 5.85. The summed E-state index contributed by atoms with van der Waals surface area (Å²) in [4.78, 5) is 25.8. The van der Waals surface area contributed by atoms with Crippen LogP contribution in [0, 0.1) is 13.8 Å². The molecule has 3 aromatic rings. The fourth-order valence-electron chi connectivity index (χ4n) is 4.93. The van der Waals surface area contributed by atoms with Crippen LogP contribution >= 0.6 is 0 Å². The largest absolute Gasteiger partial charge is 0.444 e. The van der Waals surface area contributed by atoms with Crippen LogP contribution in [0.4, 0.5) is 4.79 Å². The Morgan fingerprint density at radius 2 is 1.35 bits per heavy atom. The van der Waals surface area contributed by atoms with E-state index in [-0.39, 0.29) is 12.3 Å². The summed E-state index contributed by atoms with van der Waals surface area (Å²) in [6, 6.07) is 24.9. The van der Waals surface area contributed by atoms with Crippen LogP contribution in [0.15, 0.2) is 78.9 Å². The van der Waals surface area contributed by atoms with E-state index in [1.165, 1.54) is 16.7 Å². The third-order valence-electron chi connectivity index (χ3n) is 6.93. The Bertz CT molecular complexity index is 1200. The van der Waals surface area contributed by atoms with Gasteiger partial charge in [-0.3, -0.25) is 4.79 Å². The molecule has 0 aliphatic rings. The standard InChI is InChI=1S/C34H44N2O4/c1-24-13-12-14-25(2)29(24)19-20-32(38)36-30(22-27-17-10-7-11-18-27)31(37)23-28(21-26-15-8-6-9-16-26)35-33(39)40-34(3,4)5/h6-18,28,30-31,37H,19-23H2,1-5H3,(H,35,39)(H,36,38)/t28-,30-,31-/m0/s1. The molecule has 0 fully saturated rings. The molecule has 6 heteroatoms. The highest BCUT2D eigenvalue weighted by Gasteiger charge is 2.27. The molecule has 40 heavy (non-hydrogen) atoms. The Morgan fingerprint density at radius 3 is 1.90 bits per heavy atom. The van der Waals surface area contributed by atoms with Gasteiger partial charge in [0.05, 0.1) is 12.1 Å². The number of rotatable bonds is 12. The highest BCUT2D eigenvalue weighted by atomic mass is 16.6. The van der Waals surface area contributed by atoms with Crippen molar-refractivity contribution in [1.29, 1.82) is 0 Å². The molecule has 3 atom stereocenters. The van der Waals surface area contributed by atoms with E-state index in [4.69, 9.17) is 4.74 Å². The van der Waals surface area contributed by atoms with Crippen LogP contribution in [-0.4, -0.2) is 40.9 Å². The number of hydrogen-bond acceptors (Lipinski definition) is 4. The number of aryl methyl sites for hydroxylation is 2. The monoisotopic (exact) mass is 544 g/mol. The van der Waals surface area contributed by atoms with Crippen molar-refractivity contribution in [2.24, 2.45) is 0 Å². The minimum Gasteiger partial charge on any atom is -0.444 e. The highest BCUT2D eigenvalue weighted by molar-refractivity contribution is 5.76. The first-order chi connectivity index (χ1) is 19.0. The normalized spacial score (nSPS) is 13.7. The lowest BCUT2D eigenvalue weighted by Crippen LogP contribution is -2.49. The Labute approximate surface area is 239 Å². The highest BCUT2D eigenvalue weighted by Crippen LogP contribution is 2.17. The molecule has 3 N–H and O–H groups in total. The Balaban J connectivity index is 1.74. The number of amides is 2. The first-order valence-electron chi connectivity index (χ1n) is 14.1. The van der Waals surface area contributed by atoms with E-state index in [1.54, 1.807) is 0 Å². The summed E-state index contributed by atoms with van der Waals surface area (Å²) in [5, 5.41) is 17.5. The van der Waals surface area contributed by atoms with Crippen LogP contribution in [-0.2, 0) is 28.8 Å². The molecular weight excluding hydrogens is 500 g/mol. The van der Waals surface area contributed by atoms with Gasteiger partial charge in [-0.1, -0.05) is 78.9 Å². The van der Waals surface area contributed by atoms with Crippen molar-refractivity contribution in [3.8, 4) is 0 Å². The number of alkyl carbamates (subject to hydrolysis) is 1. The molecule has 214 valence electrons. The van der Waals surface area contributed by atoms with Crippen molar-refractivity contribution in [3.05, 3.63) is 107 Å². The zero-order valence-corrected chi connectivity index (χ0v) is 24.4. The first kappa shape index (κ1) is 30.9. The summed E-state index contributed by atoms with van der Waals surface area (Å²) in [7, 11) is 0. The lowest BCUT2D eigenvalue weighted by Gasteiger charge is -2.29. The predicted molar refractivity (Wildman–Crippen MR) is 160 cm³/mol. The summed E-state index contributed by atoms with van der Waals surface area (Å²) in [6.45, 7) is 9.58. The third kappa shape index (κ3) is 10.5. The molecule has 0 heterocycles. The molecule has 0 saturated heterocycles. The van der Waals surface area contributed by atoms with Crippen LogP contribution in [0.3, 0.4) is 0 Å². The SMILES string of the molecule is Cc1cccc(C)c1CCC(=O)N[C@@H](Cc1ccccc1)[C@@H](O)C[C@H](Cc1ccccc1)NC(=O)OC(C)(C)C. The van der Waals surface area contributed by atoms with Crippen molar-refractivity contribution < 1.29 is 19.4 Å². The number of carbonyl (C=O) groups is 2. The van der Waals surface area contributed by atoms with Gasteiger partial charge in [-0.05, 0) is 88.1 Å². The van der Waals surface area contributed by atoms with Crippen LogP contribution in [0.2, 0.25) is 0 Å². The van der Waals surface area contributed by atoms with Crippen molar-refractivity contribution in [2.75, 3.05) is 0 Å². The molecule has 0 saturated carbocycles. The van der Waals surface area contributed by atoms with Gasteiger partial charge in [-0.2, -0.15) is 0 Å². The van der Waals surface area contributed by atoms with E-state index in [1.807, 2.05) is 87.5 Å². The fourth-order valence-corrected chi connectivity index (χ4v) is 4.93. The second-order valence-electron chi connectivity index (χ2n) is 11.6.